The quantitative estimate of drug-likeness (QED) is 0.450. The van der Waals surface area contributed by atoms with Crippen molar-refractivity contribution < 1.29 is 14.7 Å². The number of hydrogen-bond acceptors (Lipinski definition) is 4. The average Bonchev–Trinajstić information content (AvgIpc) is 3.35. The highest BCUT2D eigenvalue weighted by atomic mass is 32.1. The number of rotatable bonds is 9. The summed E-state index contributed by atoms with van der Waals surface area (Å²) in [5.41, 5.74) is 3.17. The third-order valence-corrected chi connectivity index (χ3v) is 6.02. The summed E-state index contributed by atoms with van der Waals surface area (Å²) in [5, 5.41) is 13.5. The highest BCUT2D eigenvalue weighted by Gasteiger charge is 2.18. The molecule has 3 rings (SSSR count). The summed E-state index contributed by atoms with van der Waals surface area (Å²) in [6.45, 7) is 9.04. The summed E-state index contributed by atoms with van der Waals surface area (Å²) in [5.74, 6) is -0.137. The molecule has 0 saturated carbocycles. The van der Waals surface area contributed by atoms with Gasteiger partial charge < -0.3 is 9.67 Å². The molecule has 2 aromatic heterocycles. The van der Waals surface area contributed by atoms with Gasteiger partial charge in [0.05, 0.1) is 11.0 Å². The Morgan fingerprint density at radius 1 is 1.23 bits per heavy atom. The predicted octanol–water partition coefficient (Wildman–Crippen LogP) is 5.45. The second kappa shape index (κ2) is 10.0. The van der Waals surface area contributed by atoms with E-state index in [0.717, 1.165) is 36.2 Å². The molecular formula is C24H29N3O3S. The number of thiophene rings is 1. The van der Waals surface area contributed by atoms with Gasteiger partial charge in [0.25, 0.3) is 5.91 Å². The molecule has 2 heterocycles. The molecule has 0 saturated heterocycles. The molecule has 0 aliphatic heterocycles. The predicted molar refractivity (Wildman–Crippen MR) is 125 cm³/mol. The summed E-state index contributed by atoms with van der Waals surface area (Å²) < 4.78 is 2.24. The van der Waals surface area contributed by atoms with Crippen LogP contribution in [0.25, 0.3) is 11.0 Å². The highest BCUT2D eigenvalue weighted by molar-refractivity contribution is 7.07. The van der Waals surface area contributed by atoms with Gasteiger partial charge in [-0.25, -0.2) is 14.8 Å². The van der Waals surface area contributed by atoms with Crippen molar-refractivity contribution >= 4 is 40.0 Å². The van der Waals surface area contributed by atoms with E-state index in [1.54, 1.807) is 23.5 Å². The molecule has 0 bridgehead atoms. The number of amides is 1. The van der Waals surface area contributed by atoms with Crippen LogP contribution in [0.15, 0.2) is 40.0 Å². The topological polar surface area (TPSA) is 84.5 Å². The molecule has 0 fully saturated rings. The number of carboxylic acids is 1. The fourth-order valence-electron chi connectivity index (χ4n) is 3.42. The number of benzene rings is 1. The third-order valence-electron chi connectivity index (χ3n) is 5.29. The van der Waals surface area contributed by atoms with E-state index in [9.17, 15) is 14.7 Å². The summed E-state index contributed by atoms with van der Waals surface area (Å²) in [7, 11) is 0. The van der Waals surface area contributed by atoms with E-state index in [0.29, 0.717) is 11.5 Å². The number of aliphatic imine (C=N–C) groups is 1. The first kappa shape index (κ1) is 22.9. The molecule has 1 unspecified atom stereocenters. The van der Waals surface area contributed by atoms with Crippen LogP contribution in [-0.2, 0) is 17.8 Å². The molecule has 7 heteroatoms. The molecule has 0 radical (unpaired) electrons. The van der Waals surface area contributed by atoms with Gasteiger partial charge in [-0.1, -0.05) is 34.1 Å². The molecule has 0 aliphatic rings. The molecule has 1 amide bonds. The van der Waals surface area contributed by atoms with Crippen molar-refractivity contribution in [3.8, 4) is 0 Å². The van der Waals surface area contributed by atoms with Crippen LogP contribution in [0.5, 0.6) is 0 Å². The first-order valence-electron chi connectivity index (χ1n) is 10.6. The van der Waals surface area contributed by atoms with Crippen molar-refractivity contribution in [2.24, 2.45) is 16.8 Å². The zero-order chi connectivity index (χ0) is 22.5. The van der Waals surface area contributed by atoms with E-state index in [1.165, 1.54) is 5.56 Å². The average molecular weight is 440 g/mol. The monoisotopic (exact) mass is 439 g/mol. The molecule has 164 valence electrons. The maximum absolute atomic E-state index is 12.7. The molecule has 1 N–H and O–H groups in total. The maximum atomic E-state index is 12.7. The Labute approximate surface area is 186 Å². The van der Waals surface area contributed by atoms with E-state index >= 15 is 0 Å². The van der Waals surface area contributed by atoms with Crippen LogP contribution < -0.4 is 0 Å². The van der Waals surface area contributed by atoms with Gasteiger partial charge >= 0.3 is 5.97 Å². The van der Waals surface area contributed by atoms with E-state index in [1.807, 2.05) is 19.9 Å². The lowest BCUT2D eigenvalue weighted by Gasteiger charge is -2.13. The largest absolute Gasteiger partial charge is 0.477 e. The fraction of sp³-hybridized carbons (Fsp3) is 0.417. The number of carboxylic acid groups (broad SMARTS) is 1. The van der Waals surface area contributed by atoms with Crippen molar-refractivity contribution in [2.75, 3.05) is 0 Å². The van der Waals surface area contributed by atoms with Crippen molar-refractivity contribution in [1.82, 2.24) is 9.55 Å². The normalized spacial score (nSPS) is 13.1. The first-order valence-corrected chi connectivity index (χ1v) is 11.6. The van der Waals surface area contributed by atoms with Crippen molar-refractivity contribution in [2.45, 2.75) is 53.5 Å². The van der Waals surface area contributed by atoms with E-state index in [-0.39, 0.29) is 18.1 Å². The zero-order valence-corrected chi connectivity index (χ0v) is 19.3. The second-order valence-corrected chi connectivity index (χ2v) is 9.21. The van der Waals surface area contributed by atoms with Gasteiger partial charge in [-0.2, -0.15) is 11.3 Å². The Kier molecular flexibility index (Phi) is 7.38. The van der Waals surface area contributed by atoms with Crippen LogP contribution in [0.4, 0.5) is 0 Å². The molecule has 31 heavy (non-hydrogen) atoms. The number of aliphatic carboxylic acids is 1. The van der Waals surface area contributed by atoms with Gasteiger partial charge in [0.15, 0.2) is 0 Å². The number of imidazole rings is 1. The summed E-state index contributed by atoms with van der Waals surface area (Å²) >= 11 is 1.66. The van der Waals surface area contributed by atoms with Crippen LogP contribution in [0.1, 0.15) is 62.3 Å². The number of aromatic nitrogens is 2. The van der Waals surface area contributed by atoms with Crippen LogP contribution in [0.3, 0.4) is 0 Å². The van der Waals surface area contributed by atoms with Crippen molar-refractivity contribution in [3.05, 3.63) is 52.0 Å². The van der Waals surface area contributed by atoms with Crippen LogP contribution >= 0.6 is 11.3 Å². The van der Waals surface area contributed by atoms with Crippen molar-refractivity contribution in [1.29, 1.82) is 0 Å². The molecule has 1 atom stereocenters. The third kappa shape index (κ3) is 5.67. The summed E-state index contributed by atoms with van der Waals surface area (Å²) in [6, 6.07) is 7.43. The second-order valence-electron chi connectivity index (χ2n) is 8.43. The Bertz CT molecular complexity index is 1100. The standard InChI is InChI=1S/C24H29N3O3S/c1-5-16(4)13-27-21-7-6-18(23(28)26-20(24(29)30)10-15(2)3)12-19(21)25-22(27)11-17-8-9-31-14-17/h6-9,12,14-16H,5,10-11,13H2,1-4H3,(H,29,30). The SMILES string of the molecule is CCC(C)Cn1c(Cc2ccsc2)nc2cc(C(=O)N=C(CC(C)C)C(=O)O)ccc21. The Hall–Kier alpha value is -2.80. The number of carbonyl (C=O) groups excluding carboxylic acids is 1. The number of carbonyl (C=O) groups is 2. The minimum Gasteiger partial charge on any atom is -0.477 e. The Morgan fingerprint density at radius 3 is 2.61 bits per heavy atom. The minimum absolute atomic E-state index is 0.0982. The van der Waals surface area contributed by atoms with Gasteiger partial charge in [0.2, 0.25) is 0 Å². The van der Waals surface area contributed by atoms with Gasteiger partial charge in [0, 0.05) is 18.5 Å². The minimum atomic E-state index is -1.15. The van der Waals surface area contributed by atoms with Gasteiger partial charge in [0.1, 0.15) is 11.5 Å². The summed E-state index contributed by atoms with van der Waals surface area (Å²) in [6.07, 6.45) is 2.04. The van der Waals surface area contributed by atoms with E-state index in [4.69, 9.17) is 4.98 Å². The lowest BCUT2D eigenvalue weighted by atomic mass is 10.1. The fourth-order valence-corrected chi connectivity index (χ4v) is 4.09. The van der Waals surface area contributed by atoms with Gasteiger partial charge in [-0.3, -0.25) is 4.79 Å². The lowest BCUT2D eigenvalue weighted by molar-refractivity contribution is -0.129. The van der Waals surface area contributed by atoms with Crippen LogP contribution in [0, 0.1) is 11.8 Å². The first-order chi connectivity index (χ1) is 14.8. The van der Waals surface area contributed by atoms with Gasteiger partial charge in [-0.05, 0) is 58.8 Å². The van der Waals surface area contributed by atoms with Gasteiger partial charge in [-0.15, -0.1) is 0 Å². The Balaban J connectivity index is 1.99. The molecule has 0 aliphatic carbocycles. The molecule has 3 aromatic rings. The van der Waals surface area contributed by atoms with Crippen LogP contribution in [-0.4, -0.2) is 32.2 Å². The van der Waals surface area contributed by atoms with Crippen molar-refractivity contribution in [3.63, 3.8) is 0 Å². The molecule has 1 aromatic carbocycles. The van der Waals surface area contributed by atoms with E-state index in [2.05, 4.69) is 40.2 Å². The molecular weight excluding hydrogens is 410 g/mol. The van der Waals surface area contributed by atoms with Crippen LogP contribution in [0.2, 0.25) is 0 Å². The zero-order valence-electron chi connectivity index (χ0n) is 18.5. The molecule has 6 nitrogen and oxygen atoms in total. The lowest BCUT2D eigenvalue weighted by Crippen LogP contribution is -2.17. The number of hydrogen-bond donors (Lipinski definition) is 1. The Morgan fingerprint density at radius 2 is 2.00 bits per heavy atom. The molecule has 0 spiro atoms. The van der Waals surface area contributed by atoms with E-state index < -0.39 is 11.9 Å². The maximum Gasteiger partial charge on any atom is 0.350 e. The number of fused-ring (bicyclic) bond motifs is 1. The summed E-state index contributed by atoms with van der Waals surface area (Å²) in [4.78, 5) is 32.8. The number of nitrogens with zero attached hydrogens (tertiary/aromatic N) is 3. The smallest absolute Gasteiger partial charge is 0.350 e. The highest BCUT2D eigenvalue weighted by Crippen LogP contribution is 2.23.